The molecule has 1 aliphatic heterocycles. The van der Waals surface area contributed by atoms with Crippen LogP contribution >= 0.6 is 11.3 Å². The summed E-state index contributed by atoms with van der Waals surface area (Å²) in [4.78, 5) is 19.0. The Bertz CT molecular complexity index is 619. The van der Waals surface area contributed by atoms with Crippen molar-refractivity contribution in [1.29, 1.82) is 0 Å². The number of morpholine rings is 1. The summed E-state index contributed by atoms with van der Waals surface area (Å²) in [6.45, 7) is 5.39. The fourth-order valence-electron chi connectivity index (χ4n) is 2.39. The van der Waals surface area contributed by atoms with E-state index in [0.29, 0.717) is 31.1 Å². The second-order valence-electron chi connectivity index (χ2n) is 4.77. The Morgan fingerprint density at radius 2 is 2.35 bits per heavy atom. The fraction of sp³-hybridized carbons (Fsp3) is 0.429. The molecule has 3 rings (SSSR count). The molecule has 0 aromatic carbocycles. The average molecular weight is 292 g/mol. The second kappa shape index (κ2) is 5.38. The number of ether oxygens (including phenoxy) is 1. The maximum atomic E-state index is 12.7. The van der Waals surface area contributed by atoms with E-state index in [2.05, 4.69) is 4.98 Å². The summed E-state index contributed by atoms with van der Waals surface area (Å²) in [7, 11) is 0. The van der Waals surface area contributed by atoms with Gasteiger partial charge in [-0.05, 0) is 19.9 Å². The molecule has 0 spiro atoms. The van der Waals surface area contributed by atoms with Crippen LogP contribution in [0.15, 0.2) is 22.1 Å². The number of aromatic nitrogens is 1. The number of carbonyl (C=O) groups is 1. The molecular weight excluding hydrogens is 276 g/mol. The lowest BCUT2D eigenvalue weighted by Crippen LogP contribution is -2.43. The quantitative estimate of drug-likeness (QED) is 0.853. The summed E-state index contributed by atoms with van der Waals surface area (Å²) < 4.78 is 10.8. The van der Waals surface area contributed by atoms with Crippen molar-refractivity contribution < 1.29 is 13.9 Å². The van der Waals surface area contributed by atoms with E-state index in [4.69, 9.17) is 9.15 Å². The van der Waals surface area contributed by atoms with Gasteiger partial charge >= 0.3 is 0 Å². The number of hydrogen-bond donors (Lipinski definition) is 0. The first-order chi connectivity index (χ1) is 9.66. The van der Waals surface area contributed by atoms with E-state index >= 15 is 0 Å². The van der Waals surface area contributed by atoms with Crippen molar-refractivity contribution in [2.45, 2.75) is 19.9 Å². The Labute approximate surface area is 121 Å². The minimum atomic E-state index is -0.115. The molecule has 3 heterocycles. The lowest BCUT2D eigenvalue weighted by molar-refractivity contribution is -0.00385. The van der Waals surface area contributed by atoms with E-state index in [1.165, 1.54) is 0 Å². The van der Waals surface area contributed by atoms with Crippen LogP contribution in [0.3, 0.4) is 0 Å². The van der Waals surface area contributed by atoms with Gasteiger partial charge in [0.1, 0.15) is 5.76 Å². The van der Waals surface area contributed by atoms with Gasteiger partial charge in [0.2, 0.25) is 0 Å². The molecule has 2 aromatic rings. The lowest BCUT2D eigenvalue weighted by atomic mass is 10.1. The van der Waals surface area contributed by atoms with Crippen molar-refractivity contribution in [3.05, 3.63) is 39.7 Å². The zero-order valence-electron chi connectivity index (χ0n) is 11.5. The highest BCUT2D eigenvalue weighted by molar-refractivity contribution is 7.09. The van der Waals surface area contributed by atoms with E-state index in [1.807, 2.05) is 17.2 Å². The van der Waals surface area contributed by atoms with Crippen LogP contribution in [0.5, 0.6) is 0 Å². The zero-order valence-corrected chi connectivity index (χ0v) is 12.3. The van der Waals surface area contributed by atoms with E-state index in [-0.39, 0.29) is 11.9 Å². The number of thiazole rings is 1. The summed E-state index contributed by atoms with van der Waals surface area (Å²) in [5.74, 6) is 0.630. The fourth-order valence-corrected chi connectivity index (χ4v) is 3.05. The van der Waals surface area contributed by atoms with Gasteiger partial charge in [-0.1, -0.05) is 0 Å². The highest BCUT2D eigenvalue weighted by Crippen LogP contribution is 2.27. The Balaban J connectivity index is 1.89. The molecule has 1 unspecified atom stereocenters. The minimum Gasteiger partial charge on any atom is -0.469 e. The van der Waals surface area contributed by atoms with Crippen LogP contribution in [-0.4, -0.2) is 35.5 Å². The Hall–Kier alpha value is -1.66. The molecular formula is C14H16N2O3S. The first-order valence-corrected chi connectivity index (χ1v) is 7.39. The number of hydrogen-bond acceptors (Lipinski definition) is 5. The maximum Gasteiger partial charge on any atom is 0.258 e. The molecule has 5 nitrogen and oxygen atoms in total. The Morgan fingerprint density at radius 3 is 3.00 bits per heavy atom. The predicted octanol–water partition coefficient (Wildman–Crippen LogP) is 2.57. The number of furan rings is 1. The highest BCUT2D eigenvalue weighted by atomic mass is 32.1. The molecule has 0 radical (unpaired) electrons. The van der Waals surface area contributed by atoms with Gasteiger partial charge in [0.25, 0.3) is 5.91 Å². The van der Waals surface area contributed by atoms with Gasteiger partial charge in [-0.2, -0.15) is 0 Å². The van der Waals surface area contributed by atoms with Gasteiger partial charge in [-0.25, -0.2) is 4.98 Å². The van der Waals surface area contributed by atoms with Gasteiger partial charge in [-0.3, -0.25) is 4.79 Å². The third-order valence-electron chi connectivity index (χ3n) is 3.46. The van der Waals surface area contributed by atoms with Crippen molar-refractivity contribution in [1.82, 2.24) is 9.88 Å². The van der Waals surface area contributed by atoms with Gasteiger partial charge in [0, 0.05) is 11.9 Å². The summed E-state index contributed by atoms with van der Waals surface area (Å²) in [6, 6.07) is 1.60. The van der Waals surface area contributed by atoms with Crippen molar-refractivity contribution in [3.8, 4) is 0 Å². The van der Waals surface area contributed by atoms with Crippen LogP contribution < -0.4 is 0 Å². The molecule has 1 fully saturated rings. The number of rotatable bonds is 2. The predicted molar refractivity (Wildman–Crippen MR) is 74.9 cm³/mol. The average Bonchev–Trinajstić information content (AvgIpc) is 3.07. The van der Waals surface area contributed by atoms with Crippen molar-refractivity contribution >= 4 is 17.2 Å². The highest BCUT2D eigenvalue weighted by Gasteiger charge is 2.32. The Morgan fingerprint density at radius 1 is 1.50 bits per heavy atom. The van der Waals surface area contributed by atoms with Crippen LogP contribution in [0.1, 0.15) is 32.9 Å². The first kappa shape index (κ1) is 13.3. The number of aryl methyl sites for hydroxylation is 2. The molecule has 2 aromatic heterocycles. The third-order valence-corrected chi connectivity index (χ3v) is 4.25. The SMILES string of the molecule is Cc1nc(C2COCCN2C(=O)c2ccoc2C)cs1. The molecule has 0 aliphatic carbocycles. The van der Waals surface area contributed by atoms with Gasteiger partial charge in [-0.15, -0.1) is 11.3 Å². The van der Waals surface area contributed by atoms with E-state index in [9.17, 15) is 4.79 Å². The van der Waals surface area contributed by atoms with Crippen LogP contribution in [-0.2, 0) is 4.74 Å². The number of amides is 1. The van der Waals surface area contributed by atoms with E-state index in [1.54, 1.807) is 30.6 Å². The summed E-state index contributed by atoms with van der Waals surface area (Å²) >= 11 is 1.59. The smallest absolute Gasteiger partial charge is 0.258 e. The van der Waals surface area contributed by atoms with E-state index < -0.39 is 0 Å². The minimum absolute atomic E-state index is 0.0183. The van der Waals surface area contributed by atoms with Crippen molar-refractivity contribution in [2.24, 2.45) is 0 Å². The topological polar surface area (TPSA) is 55.6 Å². The van der Waals surface area contributed by atoms with Crippen LogP contribution in [0, 0.1) is 13.8 Å². The monoisotopic (exact) mass is 292 g/mol. The van der Waals surface area contributed by atoms with Crippen LogP contribution in [0.2, 0.25) is 0 Å². The van der Waals surface area contributed by atoms with Crippen LogP contribution in [0.4, 0.5) is 0 Å². The normalized spacial score (nSPS) is 19.3. The van der Waals surface area contributed by atoms with Gasteiger partial charge < -0.3 is 14.1 Å². The van der Waals surface area contributed by atoms with Gasteiger partial charge in [0.15, 0.2) is 0 Å². The van der Waals surface area contributed by atoms with Crippen molar-refractivity contribution in [2.75, 3.05) is 19.8 Å². The zero-order chi connectivity index (χ0) is 14.1. The standard InChI is InChI=1S/C14H16N2O3S/c1-9-11(3-5-19-9)14(17)16-4-6-18-7-13(16)12-8-20-10(2)15-12/h3,5,8,13H,4,6-7H2,1-2H3. The van der Waals surface area contributed by atoms with Crippen molar-refractivity contribution in [3.63, 3.8) is 0 Å². The molecule has 1 amide bonds. The molecule has 0 N–H and O–H groups in total. The maximum absolute atomic E-state index is 12.7. The molecule has 1 atom stereocenters. The summed E-state index contributed by atoms with van der Waals surface area (Å²) in [5.41, 5.74) is 1.52. The lowest BCUT2D eigenvalue weighted by Gasteiger charge is -2.34. The van der Waals surface area contributed by atoms with Gasteiger partial charge in [0.05, 0.1) is 41.8 Å². The largest absolute Gasteiger partial charge is 0.469 e. The molecule has 106 valence electrons. The number of nitrogens with zero attached hydrogens (tertiary/aromatic N) is 2. The molecule has 6 heteroatoms. The van der Waals surface area contributed by atoms with E-state index in [0.717, 1.165) is 10.7 Å². The molecule has 20 heavy (non-hydrogen) atoms. The Kier molecular flexibility index (Phi) is 3.58. The molecule has 1 aliphatic rings. The molecule has 1 saturated heterocycles. The second-order valence-corrected chi connectivity index (χ2v) is 5.83. The molecule has 0 bridgehead atoms. The summed E-state index contributed by atoms with van der Waals surface area (Å²) in [5, 5.41) is 2.99. The number of carbonyl (C=O) groups excluding carboxylic acids is 1. The third kappa shape index (κ3) is 2.36. The first-order valence-electron chi connectivity index (χ1n) is 6.51. The molecule has 0 saturated carbocycles. The van der Waals surface area contributed by atoms with Crippen LogP contribution in [0.25, 0.3) is 0 Å². The summed E-state index contributed by atoms with van der Waals surface area (Å²) in [6.07, 6.45) is 1.55.